The van der Waals surface area contributed by atoms with Gasteiger partial charge >= 0.3 is 0 Å². The highest BCUT2D eigenvalue weighted by Crippen LogP contribution is 2.40. The van der Waals surface area contributed by atoms with Gasteiger partial charge in [0.2, 0.25) is 16.0 Å². The van der Waals surface area contributed by atoms with Gasteiger partial charge in [-0.2, -0.15) is 4.98 Å². The van der Waals surface area contributed by atoms with Crippen molar-refractivity contribution >= 4 is 27.3 Å². The fourth-order valence-corrected chi connectivity index (χ4v) is 6.10. The first-order valence-electron chi connectivity index (χ1n) is 9.20. The Bertz CT molecular complexity index is 1270. The first kappa shape index (κ1) is 19.1. The fourth-order valence-electron chi connectivity index (χ4n) is 3.47. The van der Waals surface area contributed by atoms with E-state index in [1.165, 1.54) is 6.07 Å². The summed E-state index contributed by atoms with van der Waals surface area (Å²) in [6.45, 7) is 1.56. The van der Waals surface area contributed by atoms with Crippen molar-refractivity contribution in [3.8, 4) is 22.0 Å². The molecule has 1 saturated carbocycles. The van der Waals surface area contributed by atoms with E-state index in [9.17, 15) is 12.8 Å². The first-order chi connectivity index (χ1) is 14.2. The highest BCUT2D eigenvalue weighted by atomic mass is 32.2. The standard InChI is InChI=1S/C18H17FN6O3S2/c1-18(8-30(26,27)25-17(20)23-18)14-11(19)7-13(29-14)10-4-5-21-12(6-10)16-22-15(24-28-16)9-2-3-9/h4-7,9H,2-3,8H2,1H3,(H3,20,23,25)/t18-/m0/s1. The molecule has 0 aromatic carbocycles. The summed E-state index contributed by atoms with van der Waals surface area (Å²) in [6.07, 6.45) is 3.69. The second-order valence-corrected chi connectivity index (χ2v) is 10.4. The van der Waals surface area contributed by atoms with Crippen molar-refractivity contribution in [3.63, 3.8) is 0 Å². The van der Waals surface area contributed by atoms with Gasteiger partial charge in [0.15, 0.2) is 5.82 Å². The number of halogens is 1. The minimum absolute atomic E-state index is 0.208. The second-order valence-electron chi connectivity index (χ2n) is 7.64. The molecule has 1 aliphatic carbocycles. The number of guanidine groups is 1. The molecule has 0 bridgehead atoms. The van der Waals surface area contributed by atoms with Crippen LogP contribution in [-0.2, 0) is 15.6 Å². The van der Waals surface area contributed by atoms with Crippen molar-refractivity contribution in [2.24, 2.45) is 0 Å². The minimum Gasteiger partial charge on any atom is -0.344 e. The number of nitrogens with one attached hydrogen (secondary N) is 3. The van der Waals surface area contributed by atoms with Crippen LogP contribution < -0.4 is 10.0 Å². The zero-order valence-corrected chi connectivity index (χ0v) is 17.4. The Morgan fingerprint density at radius 3 is 2.90 bits per heavy atom. The van der Waals surface area contributed by atoms with Crippen molar-refractivity contribution < 1.29 is 17.3 Å². The van der Waals surface area contributed by atoms with Crippen LogP contribution in [0.4, 0.5) is 4.39 Å². The third-order valence-electron chi connectivity index (χ3n) is 4.97. The summed E-state index contributed by atoms with van der Waals surface area (Å²) in [5.41, 5.74) is -0.0787. The highest BCUT2D eigenvalue weighted by molar-refractivity contribution is 7.90. The molecule has 0 unspecified atom stereocenters. The van der Waals surface area contributed by atoms with E-state index in [0.29, 0.717) is 33.8 Å². The third-order valence-corrected chi connectivity index (χ3v) is 7.87. The van der Waals surface area contributed by atoms with Gasteiger partial charge in [-0.1, -0.05) is 5.16 Å². The maximum atomic E-state index is 14.9. The van der Waals surface area contributed by atoms with Crippen LogP contribution in [0.5, 0.6) is 0 Å². The predicted molar refractivity (Wildman–Crippen MR) is 108 cm³/mol. The molecule has 1 aliphatic heterocycles. The molecule has 3 aromatic rings. The molecule has 30 heavy (non-hydrogen) atoms. The van der Waals surface area contributed by atoms with E-state index in [-0.39, 0.29) is 16.6 Å². The molecule has 1 atom stereocenters. The van der Waals surface area contributed by atoms with Crippen molar-refractivity contribution in [3.05, 3.63) is 40.9 Å². The Hall–Kier alpha value is -2.86. The fraction of sp³-hybridized carbons (Fsp3) is 0.333. The number of rotatable bonds is 4. The maximum Gasteiger partial charge on any atom is 0.276 e. The van der Waals surface area contributed by atoms with E-state index in [4.69, 9.17) is 9.93 Å². The summed E-state index contributed by atoms with van der Waals surface area (Å²) in [5, 5.41) is 14.4. The molecule has 3 aromatic heterocycles. The quantitative estimate of drug-likeness (QED) is 0.558. The Kier molecular flexibility index (Phi) is 4.19. The summed E-state index contributed by atoms with van der Waals surface area (Å²) in [4.78, 5) is 9.47. The van der Waals surface area contributed by atoms with Gasteiger partial charge in [-0.25, -0.2) is 12.8 Å². The summed E-state index contributed by atoms with van der Waals surface area (Å²) < 4.78 is 46.3. The molecule has 5 rings (SSSR count). The van der Waals surface area contributed by atoms with Crippen molar-refractivity contribution in [1.82, 2.24) is 25.2 Å². The van der Waals surface area contributed by atoms with Crippen LogP contribution in [0.2, 0.25) is 0 Å². The summed E-state index contributed by atoms with van der Waals surface area (Å²) in [7, 11) is -3.74. The molecule has 0 spiro atoms. The lowest BCUT2D eigenvalue weighted by molar-refractivity contribution is 0.421. The number of hydrogen-bond acceptors (Lipinski definition) is 8. The van der Waals surface area contributed by atoms with E-state index in [0.717, 1.165) is 24.2 Å². The van der Waals surface area contributed by atoms with Crippen molar-refractivity contribution in [1.29, 1.82) is 5.41 Å². The third kappa shape index (κ3) is 3.45. The smallest absolute Gasteiger partial charge is 0.276 e. The van der Waals surface area contributed by atoms with Crippen LogP contribution in [0.1, 0.15) is 36.4 Å². The van der Waals surface area contributed by atoms with E-state index in [2.05, 4.69) is 25.2 Å². The Labute approximate surface area is 175 Å². The molecule has 1 saturated heterocycles. The molecular formula is C18H17FN6O3S2. The van der Waals surface area contributed by atoms with E-state index >= 15 is 0 Å². The minimum atomic E-state index is -3.74. The average molecular weight is 449 g/mol. The topological polar surface area (TPSA) is 134 Å². The van der Waals surface area contributed by atoms with Crippen molar-refractivity contribution in [2.45, 2.75) is 31.2 Å². The number of hydrogen-bond donors (Lipinski definition) is 3. The molecule has 2 fully saturated rings. The molecule has 4 heterocycles. The molecular weight excluding hydrogens is 431 g/mol. The van der Waals surface area contributed by atoms with E-state index in [1.807, 2.05) is 0 Å². The van der Waals surface area contributed by atoms with Crippen LogP contribution in [-0.4, -0.2) is 35.3 Å². The SMILES string of the molecule is C[C@@]1(c2sc(-c3ccnc(-c4nc(C5CC5)no4)c3)cc2F)CS(=O)(=O)NC(=N)N1. The zero-order chi connectivity index (χ0) is 21.1. The van der Waals surface area contributed by atoms with Crippen LogP contribution in [0.25, 0.3) is 22.0 Å². The van der Waals surface area contributed by atoms with Crippen molar-refractivity contribution in [2.75, 3.05) is 5.75 Å². The number of aromatic nitrogens is 3. The number of sulfonamides is 1. The molecule has 3 N–H and O–H groups in total. The molecule has 0 radical (unpaired) electrons. The predicted octanol–water partition coefficient (Wildman–Crippen LogP) is 2.55. The number of pyridine rings is 1. The number of thiophene rings is 1. The maximum absolute atomic E-state index is 14.9. The second kappa shape index (κ2) is 6.57. The number of nitrogens with zero attached hydrogens (tertiary/aromatic N) is 3. The van der Waals surface area contributed by atoms with Crippen LogP contribution in [0.15, 0.2) is 28.9 Å². The summed E-state index contributed by atoms with van der Waals surface area (Å²) in [6, 6.07) is 4.82. The monoisotopic (exact) mass is 448 g/mol. The molecule has 9 nitrogen and oxygen atoms in total. The Morgan fingerprint density at radius 1 is 1.37 bits per heavy atom. The largest absolute Gasteiger partial charge is 0.344 e. The van der Waals surface area contributed by atoms with Gasteiger partial charge in [0.05, 0.1) is 16.2 Å². The lowest BCUT2D eigenvalue weighted by Crippen LogP contribution is -2.60. The van der Waals surface area contributed by atoms with Crippen LogP contribution in [0.3, 0.4) is 0 Å². The Morgan fingerprint density at radius 2 is 2.17 bits per heavy atom. The zero-order valence-electron chi connectivity index (χ0n) is 15.8. The van der Waals surface area contributed by atoms with E-state index in [1.54, 1.807) is 25.3 Å². The van der Waals surface area contributed by atoms with Crippen LogP contribution in [0, 0.1) is 11.2 Å². The molecule has 12 heteroatoms. The lowest BCUT2D eigenvalue weighted by atomic mass is 10.0. The van der Waals surface area contributed by atoms with Gasteiger partial charge in [0, 0.05) is 17.0 Å². The van der Waals surface area contributed by atoms with Gasteiger partial charge in [0.25, 0.3) is 5.89 Å². The summed E-state index contributed by atoms with van der Waals surface area (Å²) in [5.74, 6) is 0.0344. The first-order valence-corrected chi connectivity index (χ1v) is 11.7. The molecule has 2 aliphatic rings. The lowest BCUT2D eigenvalue weighted by Gasteiger charge is -2.35. The molecule has 0 amide bonds. The van der Waals surface area contributed by atoms with Gasteiger partial charge in [-0.15, -0.1) is 11.3 Å². The van der Waals surface area contributed by atoms with Gasteiger partial charge < -0.3 is 9.84 Å². The summed E-state index contributed by atoms with van der Waals surface area (Å²) >= 11 is 1.12. The highest BCUT2D eigenvalue weighted by Gasteiger charge is 2.41. The van der Waals surface area contributed by atoms with E-state index < -0.39 is 21.4 Å². The van der Waals surface area contributed by atoms with Crippen LogP contribution >= 0.6 is 11.3 Å². The Balaban J connectivity index is 1.49. The van der Waals surface area contributed by atoms with Gasteiger partial charge in [-0.3, -0.25) is 15.1 Å². The van der Waals surface area contributed by atoms with Gasteiger partial charge in [0.1, 0.15) is 11.5 Å². The molecule has 156 valence electrons. The normalized spacial score (nSPS) is 23.1. The average Bonchev–Trinajstić information content (AvgIpc) is 3.24. The van der Waals surface area contributed by atoms with Gasteiger partial charge in [-0.05, 0) is 43.5 Å².